The highest BCUT2D eigenvalue weighted by molar-refractivity contribution is 7.92. The Labute approximate surface area is 201 Å². The van der Waals surface area contributed by atoms with Gasteiger partial charge in [0.25, 0.3) is 15.9 Å². The summed E-state index contributed by atoms with van der Waals surface area (Å²) in [5, 5.41) is 0. The topological polar surface area (TPSA) is 75.7 Å². The van der Waals surface area contributed by atoms with Crippen molar-refractivity contribution in [2.75, 3.05) is 24.4 Å². The zero-order chi connectivity index (χ0) is 24.0. The molecule has 1 amide bonds. The zero-order valence-electron chi connectivity index (χ0n) is 19.3. The molecular weight excluding hydrogens is 448 g/mol. The van der Waals surface area contributed by atoms with E-state index in [1.165, 1.54) is 17.7 Å². The Kier molecular flexibility index (Phi) is 7.53. The van der Waals surface area contributed by atoms with Gasteiger partial charge in [0.05, 0.1) is 10.6 Å². The summed E-state index contributed by atoms with van der Waals surface area (Å²) in [5.74, 6) is 1.01. The van der Waals surface area contributed by atoms with Crippen LogP contribution < -0.4 is 9.46 Å². The number of carbonyl (C=O) groups is 1. The number of piperidine rings is 1. The van der Waals surface area contributed by atoms with E-state index in [-0.39, 0.29) is 17.4 Å². The molecule has 0 radical (unpaired) electrons. The second kappa shape index (κ2) is 10.7. The highest BCUT2D eigenvalue weighted by atomic mass is 32.2. The van der Waals surface area contributed by atoms with Crippen LogP contribution in [0.3, 0.4) is 0 Å². The van der Waals surface area contributed by atoms with E-state index in [4.69, 9.17) is 4.74 Å². The van der Waals surface area contributed by atoms with Crippen molar-refractivity contribution in [1.29, 1.82) is 0 Å². The molecule has 0 bridgehead atoms. The summed E-state index contributed by atoms with van der Waals surface area (Å²) in [5.41, 5.74) is 2.73. The van der Waals surface area contributed by atoms with E-state index in [1.54, 1.807) is 24.3 Å². The monoisotopic (exact) mass is 478 g/mol. The second-order valence-corrected chi connectivity index (χ2v) is 10.4. The average Bonchev–Trinajstić information content (AvgIpc) is 2.85. The van der Waals surface area contributed by atoms with Gasteiger partial charge in [-0.2, -0.15) is 0 Å². The predicted molar refractivity (Wildman–Crippen MR) is 133 cm³/mol. The fourth-order valence-corrected chi connectivity index (χ4v) is 5.31. The van der Waals surface area contributed by atoms with Crippen LogP contribution in [0.4, 0.5) is 5.69 Å². The number of sulfonamides is 1. The number of carbonyl (C=O) groups excluding carboxylic acids is 1. The molecule has 1 aliphatic rings. The fraction of sp³-hybridized carbons (Fsp3) is 0.296. The van der Waals surface area contributed by atoms with Crippen LogP contribution in [0.1, 0.15) is 24.0 Å². The molecule has 0 aliphatic carbocycles. The molecule has 1 saturated heterocycles. The number of nitrogens with zero attached hydrogens (tertiary/aromatic N) is 1. The highest BCUT2D eigenvalue weighted by Crippen LogP contribution is 2.23. The van der Waals surface area contributed by atoms with Gasteiger partial charge in [-0.15, -0.1) is 0 Å². The number of anilines is 1. The molecule has 3 aromatic rings. The van der Waals surface area contributed by atoms with E-state index in [0.717, 1.165) is 37.9 Å². The highest BCUT2D eigenvalue weighted by Gasteiger charge is 2.23. The molecule has 6 nitrogen and oxygen atoms in total. The van der Waals surface area contributed by atoms with Gasteiger partial charge in [-0.05, 0) is 73.6 Å². The first kappa shape index (κ1) is 23.8. The Balaban J connectivity index is 1.25. The number of rotatable bonds is 8. The molecule has 178 valence electrons. The summed E-state index contributed by atoms with van der Waals surface area (Å²) in [4.78, 5) is 14.6. The van der Waals surface area contributed by atoms with Gasteiger partial charge in [0.1, 0.15) is 5.75 Å². The van der Waals surface area contributed by atoms with Crippen LogP contribution in [-0.2, 0) is 21.2 Å². The minimum Gasteiger partial charge on any atom is -0.484 e. The second-order valence-electron chi connectivity index (χ2n) is 8.69. The number of amides is 1. The van der Waals surface area contributed by atoms with Crippen molar-refractivity contribution in [2.24, 2.45) is 5.92 Å². The van der Waals surface area contributed by atoms with Gasteiger partial charge in [-0.3, -0.25) is 9.52 Å². The quantitative estimate of drug-likeness (QED) is 0.511. The average molecular weight is 479 g/mol. The number of para-hydroxylation sites is 1. The minimum absolute atomic E-state index is 0.0453. The first-order chi connectivity index (χ1) is 16.4. The third-order valence-electron chi connectivity index (χ3n) is 6.22. The van der Waals surface area contributed by atoms with E-state index >= 15 is 0 Å². The van der Waals surface area contributed by atoms with Gasteiger partial charge < -0.3 is 9.64 Å². The number of nitrogens with one attached hydrogen (secondary N) is 1. The molecule has 0 unspecified atom stereocenters. The van der Waals surface area contributed by atoms with E-state index in [0.29, 0.717) is 17.4 Å². The summed E-state index contributed by atoms with van der Waals surface area (Å²) >= 11 is 0. The van der Waals surface area contributed by atoms with Crippen LogP contribution in [0.2, 0.25) is 0 Å². The molecule has 1 heterocycles. The molecule has 0 spiro atoms. The summed E-state index contributed by atoms with van der Waals surface area (Å²) in [6.45, 7) is 3.26. The lowest BCUT2D eigenvalue weighted by atomic mass is 9.90. The first-order valence-corrected chi connectivity index (χ1v) is 13.0. The lowest BCUT2D eigenvalue weighted by Gasteiger charge is -2.32. The molecular formula is C27H30N2O4S. The lowest BCUT2D eigenvalue weighted by Crippen LogP contribution is -2.41. The Bertz CT molecular complexity index is 1200. The standard InChI is InChI=1S/C27H30N2O4S/c1-21-7-5-6-10-26(21)28-34(31,32)25-13-11-24(12-14-25)33-20-27(30)29-17-15-23(16-18-29)19-22-8-3-2-4-9-22/h2-14,23,28H,15-20H2,1H3. The number of likely N-dealkylation sites (tertiary alicyclic amines) is 1. The Morgan fingerprint density at radius 2 is 1.59 bits per heavy atom. The number of hydrogen-bond acceptors (Lipinski definition) is 4. The molecule has 0 saturated carbocycles. The van der Waals surface area contributed by atoms with E-state index in [9.17, 15) is 13.2 Å². The van der Waals surface area contributed by atoms with Gasteiger partial charge in [0, 0.05) is 13.1 Å². The lowest BCUT2D eigenvalue weighted by molar-refractivity contribution is -0.134. The van der Waals surface area contributed by atoms with Crippen molar-refractivity contribution in [1.82, 2.24) is 4.90 Å². The van der Waals surface area contributed by atoms with Gasteiger partial charge in [-0.1, -0.05) is 48.5 Å². The maximum absolute atomic E-state index is 12.7. The summed E-state index contributed by atoms with van der Waals surface area (Å²) in [6.07, 6.45) is 3.02. The summed E-state index contributed by atoms with van der Waals surface area (Å²) in [6, 6.07) is 23.8. The molecule has 7 heteroatoms. The van der Waals surface area contributed by atoms with Crippen LogP contribution in [0.25, 0.3) is 0 Å². The maximum atomic E-state index is 12.7. The van der Waals surface area contributed by atoms with Crippen LogP contribution >= 0.6 is 0 Å². The Hall–Kier alpha value is -3.32. The SMILES string of the molecule is Cc1ccccc1NS(=O)(=O)c1ccc(OCC(=O)N2CCC(Cc3ccccc3)CC2)cc1. The normalized spacial score (nSPS) is 14.6. The molecule has 1 aliphatic heterocycles. The van der Waals surface area contributed by atoms with Crippen molar-refractivity contribution in [3.05, 3.63) is 90.0 Å². The molecule has 4 rings (SSSR count). The van der Waals surface area contributed by atoms with Crippen molar-refractivity contribution in [3.63, 3.8) is 0 Å². The predicted octanol–water partition coefficient (Wildman–Crippen LogP) is 4.66. The Morgan fingerprint density at radius 1 is 0.941 bits per heavy atom. The zero-order valence-corrected chi connectivity index (χ0v) is 20.1. The van der Waals surface area contributed by atoms with Crippen molar-refractivity contribution in [3.8, 4) is 5.75 Å². The number of aryl methyl sites for hydroxylation is 1. The van der Waals surface area contributed by atoms with Crippen molar-refractivity contribution >= 4 is 21.6 Å². The van der Waals surface area contributed by atoms with Crippen LogP contribution in [0.15, 0.2) is 83.8 Å². The Morgan fingerprint density at radius 3 is 2.26 bits per heavy atom. The van der Waals surface area contributed by atoms with Gasteiger partial charge in [-0.25, -0.2) is 8.42 Å². The molecule has 1 N–H and O–H groups in total. The molecule has 0 aromatic heterocycles. The maximum Gasteiger partial charge on any atom is 0.261 e. The molecule has 3 aromatic carbocycles. The van der Waals surface area contributed by atoms with Gasteiger partial charge in [0.15, 0.2) is 6.61 Å². The van der Waals surface area contributed by atoms with Crippen LogP contribution in [0, 0.1) is 12.8 Å². The van der Waals surface area contributed by atoms with Crippen LogP contribution in [0.5, 0.6) is 5.75 Å². The minimum atomic E-state index is -3.71. The van der Waals surface area contributed by atoms with E-state index in [1.807, 2.05) is 30.0 Å². The van der Waals surface area contributed by atoms with Crippen molar-refractivity contribution < 1.29 is 17.9 Å². The molecule has 0 atom stereocenters. The third-order valence-corrected chi connectivity index (χ3v) is 7.60. The van der Waals surface area contributed by atoms with E-state index in [2.05, 4.69) is 29.0 Å². The summed E-state index contributed by atoms with van der Waals surface area (Å²) in [7, 11) is -3.71. The molecule has 1 fully saturated rings. The van der Waals surface area contributed by atoms with Gasteiger partial charge >= 0.3 is 0 Å². The largest absolute Gasteiger partial charge is 0.484 e. The number of ether oxygens (including phenoxy) is 1. The first-order valence-electron chi connectivity index (χ1n) is 11.5. The number of benzene rings is 3. The van der Waals surface area contributed by atoms with Crippen LogP contribution in [-0.4, -0.2) is 38.9 Å². The molecule has 34 heavy (non-hydrogen) atoms. The van der Waals surface area contributed by atoms with E-state index < -0.39 is 10.0 Å². The van der Waals surface area contributed by atoms with Gasteiger partial charge in [0.2, 0.25) is 0 Å². The summed E-state index contributed by atoms with van der Waals surface area (Å²) < 4.78 is 33.6. The number of hydrogen-bond donors (Lipinski definition) is 1. The third kappa shape index (κ3) is 6.17. The van der Waals surface area contributed by atoms with Crippen molar-refractivity contribution in [2.45, 2.75) is 31.1 Å². The fourth-order valence-electron chi connectivity index (χ4n) is 4.18. The smallest absolute Gasteiger partial charge is 0.261 e.